The summed E-state index contributed by atoms with van der Waals surface area (Å²) in [5.41, 5.74) is 13.2. The van der Waals surface area contributed by atoms with E-state index in [2.05, 4.69) is 0 Å². The molecule has 60 heavy (non-hydrogen) atoms. The van der Waals surface area contributed by atoms with E-state index in [0.29, 0.717) is 28.1 Å². The predicted octanol–water partition coefficient (Wildman–Crippen LogP) is 10.2. The van der Waals surface area contributed by atoms with Crippen molar-refractivity contribution in [2.45, 2.75) is 13.2 Å². The van der Waals surface area contributed by atoms with Gasteiger partial charge in [-0.3, -0.25) is 30.3 Å². The number of nitro groups is 3. The number of nitrogen functional groups attached to an aromatic ring is 2. The lowest BCUT2D eigenvalue weighted by molar-refractivity contribution is -0.385. The third kappa shape index (κ3) is 15.3. The third-order valence-electron chi connectivity index (χ3n) is 7.55. The van der Waals surface area contributed by atoms with Crippen LogP contribution in [0, 0.1) is 30.3 Å². The maximum Gasteiger partial charge on any atom is 0.273 e. The van der Waals surface area contributed by atoms with Crippen molar-refractivity contribution in [3.63, 3.8) is 0 Å². The standard InChI is InChI=1S/C14H12ClNO4.C14H14ClNO2.C6H4ClNO3.C6H6N2O3/c1-19-12-5-2-10(3-6-12)9-20-14-8-11(16(17)18)4-7-13(14)15;1-17-12-5-2-10(3-6-12)9-18-14-8-11(16)4-7-13(14)15;2*7-5-2-1-4(8(10)11)3-6(5)9/h2-8H,9H2,1H3;2-8H,9,16H2,1H3;1-3,9H;1-3,9H,7H2. The van der Waals surface area contributed by atoms with Crippen LogP contribution in [0.2, 0.25) is 15.1 Å². The highest BCUT2D eigenvalue weighted by Gasteiger charge is 2.12. The lowest BCUT2D eigenvalue weighted by Gasteiger charge is -2.09. The molecular weight excluding hydrogens is 849 g/mol. The van der Waals surface area contributed by atoms with Gasteiger partial charge in [-0.05, 0) is 65.7 Å². The van der Waals surface area contributed by atoms with Crippen LogP contribution in [0.15, 0.2) is 121 Å². The fourth-order valence-electron chi connectivity index (χ4n) is 4.37. The van der Waals surface area contributed by atoms with Crippen LogP contribution in [-0.2, 0) is 13.2 Å². The van der Waals surface area contributed by atoms with Gasteiger partial charge < -0.3 is 40.6 Å². The molecule has 0 saturated heterocycles. The smallest absolute Gasteiger partial charge is 0.273 e. The molecule has 0 bridgehead atoms. The second kappa shape index (κ2) is 23.3. The van der Waals surface area contributed by atoms with Crippen molar-refractivity contribution in [2.75, 3.05) is 25.7 Å². The van der Waals surface area contributed by atoms with Crippen LogP contribution in [0.4, 0.5) is 28.4 Å². The summed E-state index contributed by atoms with van der Waals surface area (Å²) >= 11 is 17.4. The monoisotopic (exact) mass is 883 g/mol. The largest absolute Gasteiger partial charge is 0.506 e. The number of nitrogens with zero attached hydrogens (tertiary/aromatic N) is 3. The van der Waals surface area contributed by atoms with Crippen LogP contribution < -0.4 is 30.4 Å². The Morgan fingerprint density at radius 2 is 0.900 bits per heavy atom. The minimum absolute atomic E-state index is 0.0564. The molecule has 6 aromatic carbocycles. The topological polar surface area (TPSA) is 259 Å². The summed E-state index contributed by atoms with van der Waals surface area (Å²) in [6.45, 7) is 0.706. The van der Waals surface area contributed by atoms with Gasteiger partial charge in [-0.2, -0.15) is 0 Å². The highest BCUT2D eigenvalue weighted by molar-refractivity contribution is 6.32. The maximum absolute atomic E-state index is 10.7. The number of non-ortho nitro benzene ring substituents is 3. The Labute approximate surface area is 357 Å². The highest BCUT2D eigenvalue weighted by atomic mass is 35.5. The molecule has 0 unspecified atom stereocenters. The van der Waals surface area contributed by atoms with Gasteiger partial charge in [-0.25, -0.2) is 0 Å². The number of nitrogens with two attached hydrogens (primary N) is 2. The van der Waals surface area contributed by atoms with Gasteiger partial charge in [0.05, 0.1) is 67.9 Å². The zero-order valence-electron chi connectivity index (χ0n) is 31.6. The first kappa shape index (κ1) is 47.2. The van der Waals surface area contributed by atoms with E-state index in [1.165, 1.54) is 42.5 Å². The van der Waals surface area contributed by atoms with Crippen molar-refractivity contribution in [1.29, 1.82) is 0 Å². The van der Waals surface area contributed by atoms with E-state index in [0.717, 1.165) is 34.8 Å². The fraction of sp³-hybridized carbons (Fsp3) is 0.100. The van der Waals surface area contributed by atoms with Crippen LogP contribution in [0.25, 0.3) is 0 Å². The molecule has 0 atom stereocenters. The Hall–Kier alpha value is -7.21. The predicted molar refractivity (Wildman–Crippen MR) is 228 cm³/mol. The van der Waals surface area contributed by atoms with Crippen LogP contribution >= 0.6 is 34.8 Å². The van der Waals surface area contributed by atoms with Crippen molar-refractivity contribution in [2.24, 2.45) is 0 Å². The number of aromatic hydroxyl groups is 2. The van der Waals surface area contributed by atoms with E-state index in [4.69, 9.17) is 75.4 Å². The quantitative estimate of drug-likeness (QED) is 0.0408. The zero-order chi connectivity index (χ0) is 44.4. The first-order chi connectivity index (χ1) is 28.5. The van der Waals surface area contributed by atoms with E-state index in [1.54, 1.807) is 32.4 Å². The molecule has 0 aliphatic rings. The Morgan fingerprint density at radius 1 is 0.517 bits per heavy atom. The summed E-state index contributed by atoms with van der Waals surface area (Å²) in [5, 5.41) is 49.8. The van der Waals surface area contributed by atoms with Gasteiger partial charge >= 0.3 is 0 Å². The number of nitro benzene ring substituents is 3. The molecular formula is C40H36Cl3N5O12. The molecule has 0 fully saturated rings. The normalized spacial score (nSPS) is 9.88. The summed E-state index contributed by atoms with van der Waals surface area (Å²) in [5.74, 6) is 1.91. The van der Waals surface area contributed by atoms with Crippen LogP contribution in [-0.4, -0.2) is 39.2 Å². The number of phenolic OH excluding ortho intramolecular Hbond substituents is 2. The Balaban J connectivity index is 0.000000221. The SMILES string of the molecule is COc1ccc(COc2cc(N)ccc2Cl)cc1.COc1ccc(COc2cc([N+](=O)[O-])ccc2Cl)cc1.Nc1ccc([N+](=O)[O-])cc1O.O=[N+]([O-])c1ccc(Cl)c(O)c1. The number of benzene rings is 6. The molecule has 0 saturated carbocycles. The van der Waals surface area contributed by atoms with Crippen molar-refractivity contribution >= 4 is 63.2 Å². The number of hydrogen-bond acceptors (Lipinski definition) is 14. The molecule has 0 spiro atoms. The fourth-order valence-corrected chi connectivity index (χ4v) is 4.83. The number of methoxy groups -OCH3 is 2. The van der Waals surface area contributed by atoms with E-state index >= 15 is 0 Å². The molecule has 0 radical (unpaired) electrons. The second-order valence-electron chi connectivity index (χ2n) is 11.7. The van der Waals surface area contributed by atoms with E-state index in [9.17, 15) is 30.3 Å². The lowest BCUT2D eigenvalue weighted by Crippen LogP contribution is -1.97. The summed E-state index contributed by atoms with van der Waals surface area (Å²) in [7, 11) is 3.23. The maximum atomic E-state index is 10.7. The molecule has 17 nitrogen and oxygen atoms in total. The number of anilines is 2. The van der Waals surface area contributed by atoms with Crippen LogP contribution in [0.3, 0.4) is 0 Å². The average Bonchev–Trinajstić information content (AvgIpc) is 3.23. The first-order valence-electron chi connectivity index (χ1n) is 16.9. The molecule has 0 aliphatic heterocycles. The number of halogens is 3. The third-order valence-corrected chi connectivity index (χ3v) is 8.50. The molecule has 0 heterocycles. The van der Waals surface area contributed by atoms with Crippen LogP contribution in [0.1, 0.15) is 11.1 Å². The summed E-state index contributed by atoms with van der Waals surface area (Å²) in [6, 6.07) is 31.3. The molecule has 0 aromatic heterocycles. The summed E-state index contributed by atoms with van der Waals surface area (Å²) in [6.07, 6.45) is 0. The molecule has 0 aliphatic carbocycles. The van der Waals surface area contributed by atoms with Crippen molar-refractivity contribution in [3.8, 4) is 34.5 Å². The van der Waals surface area contributed by atoms with Crippen molar-refractivity contribution in [1.82, 2.24) is 0 Å². The lowest BCUT2D eigenvalue weighted by atomic mass is 10.2. The molecule has 6 aromatic rings. The van der Waals surface area contributed by atoms with Gasteiger partial charge in [0.1, 0.15) is 47.7 Å². The van der Waals surface area contributed by atoms with E-state index < -0.39 is 14.8 Å². The van der Waals surface area contributed by atoms with Gasteiger partial charge in [0.15, 0.2) is 0 Å². The van der Waals surface area contributed by atoms with Gasteiger partial charge in [0, 0.05) is 30.0 Å². The number of rotatable bonds is 11. The molecule has 314 valence electrons. The average molecular weight is 885 g/mol. The minimum atomic E-state index is -0.601. The van der Waals surface area contributed by atoms with Gasteiger partial charge in [0.25, 0.3) is 17.1 Å². The second-order valence-corrected chi connectivity index (χ2v) is 12.9. The Bertz CT molecular complexity index is 2330. The number of hydrogen-bond donors (Lipinski definition) is 4. The van der Waals surface area contributed by atoms with Gasteiger partial charge in [-0.15, -0.1) is 0 Å². The minimum Gasteiger partial charge on any atom is -0.506 e. The molecule has 6 N–H and O–H groups in total. The first-order valence-corrected chi connectivity index (χ1v) is 18.0. The highest BCUT2D eigenvalue weighted by Crippen LogP contribution is 2.31. The molecule has 0 amide bonds. The Morgan fingerprint density at radius 3 is 1.32 bits per heavy atom. The van der Waals surface area contributed by atoms with Crippen molar-refractivity contribution < 1.29 is 43.9 Å². The van der Waals surface area contributed by atoms with Crippen LogP contribution in [0.5, 0.6) is 34.5 Å². The number of phenols is 2. The molecule has 6 rings (SSSR count). The van der Waals surface area contributed by atoms with Gasteiger partial charge in [-0.1, -0.05) is 59.1 Å². The summed E-state index contributed by atoms with van der Waals surface area (Å²) in [4.78, 5) is 29.2. The molecule has 20 heteroatoms. The van der Waals surface area contributed by atoms with E-state index in [1.807, 2.05) is 48.5 Å². The van der Waals surface area contributed by atoms with Crippen molar-refractivity contribution in [3.05, 3.63) is 178 Å². The number of ether oxygens (including phenoxy) is 4. The van der Waals surface area contributed by atoms with Gasteiger partial charge in [0.2, 0.25) is 0 Å². The Kier molecular flexibility index (Phi) is 18.3. The summed E-state index contributed by atoms with van der Waals surface area (Å²) < 4.78 is 21.3. The van der Waals surface area contributed by atoms with E-state index in [-0.39, 0.29) is 51.6 Å². The zero-order valence-corrected chi connectivity index (χ0v) is 33.8.